The highest BCUT2D eigenvalue weighted by Gasteiger charge is 2.71. The van der Waals surface area contributed by atoms with Crippen LogP contribution in [0.2, 0.25) is 0 Å². The van der Waals surface area contributed by atoms with E-state index in [1.54, 1.807) is 18.1 Å². The van der Waals surface area contributed by atoms with Crippen LogP contribution in [0.5, 0.6) is 11.5 Å². The van der Waals surface area contributed by atoms with Gasteiger partial charge in [-0.15, -0.1) is 0 Å². The monoisotopic (exact) mass is 453 g/mol. The van der Waals surface area contributed by atoms with Crippen molar-refractivity contribution in [3.05, 3.63) is 52.8 Å². The van der Waals surface area contributed by atoms with Gasteiger partial charge in [0, 0.05) is 42.6 Å². The number of hydrogen-bond acceptors (Lipinski definition) is 6. The van der Waals surface area contributed by atoms with Crippen molar-refractivity contribution >= 4 is 17.3 Å². The van der Waals surface area contributed by atoms with Gasteiger partial charge in [-0.05, 0) is 37.5 Å². The molecule has 0 aliphatic carbocycles. The normalized spacial score (nSPS) is 21.6. The van der Waals surface area contributed by atoms with E-state index < -0.39 is 5.82 Å². The third-order valence-corrected chi connectivity index (χ3v) is 7.06. The Labute approximate surface area is 192 Å². The number of nitrogens with one attached hydrogen (secondary N) is 1. The summed E-state index contributed by atoms with van der Waals surface area (Å²) >= 11 is 0. The summed E-state index contributed by atoms with van der Waals surface area (Å²) in [5.74, 6) is -0.153. The third kappa shape index (κ3) is 3.72. The van der Waals surface area contributed by atoms with E-state index in [4.69, 9.17) is 19.6 Å². The van der Waals surface area contributed by atoms with Crippen molar-refractivity contribution in [3.8, 4) is 11.5 Å². The van der Waals surface area contributed by atoms with Gasteiger partial charge in [0.25, 0.3) is 0 Å². The van der Waals surface area contributed by atoms with Crippen LogP contribution in [0.1, 0.15) is 29.5 Å². The zero-order chi connectivity index (χ0) is 23.3. The Kier molecular flexibility index (Phi) is 5.48. The molecule has 2 atom stereocenters. The second kappa shape index (κ2) is 8.33. The molecular weight excluding hydrogens is 425 g/mol. The molecule has 174 valence electrons. The molecule has 2 aromatic rings. The molecule has 0 radical (unpaired) electrons. The number of methoxy groups -OCH3 is 3. The Bertz CT molecular complexity index is 1080. The summed E-state index contributed by atoms with van der Waals surface area (Å²) in [6.45, 7) is 1.86. The van der Waals surface area contributed by atoms with E-state index in [-0.39, 0.29) is 35.2 Å². The van der Waals surface area contributed by atoms with Crippen LogP contribution in [0.25, 0.3) is 0 Å². The number of fused-ring (bicyclic) bond motifs is 1. The second-order valence-corrected chi connectivity index (χ2v) is 8.76. The smallest absolute Gasteiger partial charge is 0.248 e. The Morgan fingerprint density at radius 1 is 1.12 bits per heavy atom. The minimum absolute atomic E-state index is 0.00838. The number of nitrogens with zero attached hydrogens (tertiary/aromatic N) is 2. The summed E-state index contributed by atoms with van der Waals surface area (Å²) < 4.78 is 31.5. The van der Waals surface area contributed by atoms with E-state index in [1.807, 2.05) is 24.3 Å². The molecule has 5 rings (SSSR count). The molecule has 3 aliphatic heterocycles. The van der Waals surface area contributed by atoms with E-state index >= 15 is 4.39 Å². The van der Waals surface area contributed by atoms with Gasteiger partial charge in [0.15, 0.2) is 17.3 Å². The average Bonchev–Trinajstić information content (AvgIpc) is 3.76. The van der Waals surface area contributed by atoms with Crippen LogP contribution in [0, 0.1) is 11.2 Å². The van der Waals surface area contributed by atoms with E-state index in [2.05, 4.69) is 4.90 Å². The van der Waals surface area contributed by atoms with Crippen LogP contribution in [0.3, 0.4) is 0 Å². The first kappa shape index (κ1) is 21.7. The topological polar surface area (TPSA) is 74.9 Å². The quantitative estimate of drug-likeness (QED) is 0.378. The van der Waals surface area contributed by atoms with Gasteiger partial charge in [-0.2, -0.15) is 0 Å². The van der Waals surface area contributed by atoms with Crippen molar-refractivity contribution in [3.63, 3.8) is 0 Å². The van der Waals surface area contributed by atoms with Gasteiger partial charge in [0.05, 0.1) is 32.1 Å². The summed E-state index contributed by atoms with van der Waals surface area (Å²) in [5, 5.41) is 8.87. The Balaban J connectivity index is 1.41. The van der Waals surface area contributed by atoms with Crippen LogP contribution in [0.15, 0.2) is 30.3 Å². The number of halogens is 1. The van der Waals surface area contributed by atoms with Crippen molar-refractivity contribution in [1.29, 1.82) is 5.41 Å². The molecule has 3 saturated heterocycles. The molecule has 0 saturated carbocycles. The fourth-order valence-corrected chi connectivity index (χ4v) is 4.91. The molecule has 7 nitrogen and oxygen atoms in total. The lowest BCUT2D eigenvalue weighted by Gasteiger charge is -2.33. The minimum atomic E-state index is -0.533. The van der Waals surface area contributed by atoms with Gasteiger partial charge in [0.1, 0.15) is 6.04 Å². The van der Waals surface area contributed by atoms with Crippen LogP contribution >= 0.6 is 0 Å². The minimum Gasteiger partial charge on any atom is -0.493 e. The van der Waals surface area contributed by atoms with Crippen LogP contribution in [-0.4, -0.2) is 69.1 Å². The van der Waals surface area contributed by atoms with Gasteiger partial charge in [-0.1, -0.05) is 12.1 Å². The first-order valence-corrected chi connectivity index (χ1v) is 11.2. The summed E-state index contributed by atoms with van der Waals surface area (Å²) in [7, 11) is 4.60. The average molecular weight is 454 g/mol. The van der Waals surface area contributed by atoms with Gasteiger partial charge >= 0.3 is 0 Å². The van der Waals surface area contributed by atoms with Crippen LogP contribution in [0.4, 0.5) is 10.1 Å². The largest absolute Gasteiger partial charge is 0.493 e. The Morgan fingerprint density at radius 2 is 1.79 bits per heavy atom. The summed E-state index contributed by atoms with van der Waals surface area (Å²) in [5.41, 5.74) is 2.84. The van der Waals surface area contributed by atoms with E-state index in [1.165, 1.54) is 14.2 Å². The lowest BCUT2D eigenvalue weighted by molar-refractivity contribution is -0.116. The maximum Gasteiger partial charge on any atom is 0.248 e. The first-order valence-electron chi connectivity index (χ1n) is 11.2. The number of β-lactam (4-membered cyclic amide) rings is 1. The number of rotatable bonds is 8. The second-order valence-electron chi connectivity index (χ2n) is 8.76. The van der Waals surface area contributed by atoms with Crippen molar-refractivity contribution in [1.82, 2.24) is 4.90 Å². The Morgan fingerprint density at radius 3 is 2.33 bits per heavy atom. The number of piperidine rings is 1. The molecular formula is C25H28FN3O4. The molecule has 8 heteroatoms. The van der Waals surface area contributed by atoms with Gasteiger partial charge in [-0.3, -0.25) is 10.2 Å². The van der Waals surface area contributed by atoms with Gasteiger partial charge in [-0.25, -0.2) is 4.39 Å². The highest BCUT2D eigenvalue weighted by atomic mass is 19.1. The van der Waals surface area contributed by atoms with Crippen molar-refractivity contribution in [2.45, 2.75) is 37.5 Å². The molecule has 1 amide bonds. The van der Waals surface area contributed by atoms with Crippen LogP contribution in [-0.2, 0) is 16.0 Å². The predicted molar refractivity (Wildman–Crippen MR) is 122 cm³/mol. The maximum absolute atomic E-state index is 15.4. The SMILES string of the molecule is COc1cc(C(=N)c2ccc(N3CCC(OC)CC3)cc2)c(CC2C3C(=O)N23)c(F)c1OC. The fraction of sp³-hybridized carbons (Fsp3) is 0.440. The number of benzene rings is 2. The lowest BCUT2D eigenvalue weighted by Crippen LogP contribution is -2.36. The Hall–Kier alpha value is -3.13. The zero-order valence-corrected chi connectivity index (χ0v) is 19.1. The summed E-state index contributed by atoms with van der Waals surface area (Å²) in [6.07, 6.45) is 2.65. The molecule has 0 bridgehead atoms. The molecule has 3 heterocycles. The first-order chi connectivity index (χ1) is 16.0. The predicted octanol–water partition coefficient (Wildman–Crippen LogP) is 3.01. The molecule has 0 aromatic heterocycles. The molecule has 0 spiro atoms. The molecule has 2 aromatic carbocycles. The molecule has 3 aliphatic rings. The number of ether oxygens (including phenoxy) is 3. The standard InChI is InChI=1S/C25H28FN3O4/c1-31-16-8-10-28(11-9-16)15-6-4-14(5-7-15)22(27)18-13-20(32-2)24(33-3)21(26)17(18)12-19-23-25(30)29(19)23/h4-7,13,16,19,23,27H,8-12H2,1-3H3. The van der Waals surface area contributed by atoms with Crippen LogP contribution < -0.4 is 14.4 Å². The highest BCUT2D eigenvalue weighted by molar-refractivity contribution is 6.12. The number of carbonyl (C=O) groups excluding carboxylic acids is 1. The van der Waals surface area contributed by atoms with Crippen molar-refractivity contribution in [2.24, 2.45) is 0 Å². The van der Waals surface area contributed by atoms with Gasteiger partial charge in [0.2, 0.25) is 5.91 Å². The molecule has 3 fully saturated rings. The van der Waals surface area contributed by atoms with E-state index in [9.17, 15) is 4.79 Å². The van der Waals surface area contributed by atoms with E-state index in [0.29, 0.717) is 29.2 Å². The lowest BCUT2D eigenvalue weighted by atomic mass is 9.92. The zero-order valence-electron chi connectivity index (χ0n) is 19.1. The highest BCUT2D eigenvalue weighted by Crippen LogP contribution is 2.48. The summed E-state index contributed by atoms with van der Waals surface area (Å²) in [6, 6.07) is 9.41. The third-order valence-electron chi connectivity index (χ3n) is 7.06. The van der Waals surface area contributed by atoms with Crippen molar-refractivity contribution in [2.75, 3.05) is 39.3 Å². The fourth-order valence-electron chi connectivity index (χ4n) is 4.91. The number of anilines is 1. The number of amides is 1. The van der Waals surface area contributed by atoms with Crippen molar-refractivity contribution < 1.29 is 23.4 Å². The summed E-state index contributed by atoms with van der Waals surface area (Å²) in [4.78, 5) is 15.5. The number of hydrogen-bond donors (Lipinski definition) is 1. The number of carbonyl (C=O) groups is 1. The molecule has 33 heavy (non-hydrogen) atoms. The van der Waals surface area contributed by atoms with Gasteiger partial charge < -0.3 is 24.0 Å². The maximum atomic E-state index is 15.4. The molecule has 1 N–H and O–H groups in total. The molecule has 2 unspecified atom stereocenters. The van der Waals surface area contributed by atoms with E-state index in [0.717, 1.165) is 31.6 Å².